The van der Waals surface area contributed by atoms with Gasteiger partial charge >= 0.3 is 5.97 Å². The van der Waals surface area contributed by atoms with Gasteiger partial charge in [0.1, 0.15) is 5.82 Å². The summed E-state index contributed by atoms with van der Waals surface area (Å²) in [4.78, 5) is 15.5. The first-order valence-corrected chi connectivity index (χ1v) is 7.48. The van der Waals surface area contributed by atoms with E-state index in [4.69, 9.17) is 19.6 Å². The molecular weight excluding hydrogens is 284 g/mol. The SMILES string of the molecule is COc1cc2nc(C3CC3)n(CCCC(=O)O)c2cc1OC. The maximum Gasteiger partial charge on any atom is 0.303 e. The smallest absolute Gasteiger partial charge is 0.303 e. The third-order valence-electron chi connectivity index (χ3n) is 4.00. The standard InChI is InChI=1S/C16H20N2O4/c1-21-13-8-11-12(9-14(13)22-2)18(7-3-4-15(19)20)16(17-11)10-5-6-10/h8-10H,3-7H2,1-2H3,(H,19,20). The summed E-state index contributed by atoms with van der Waals surface area (Å²) in [6.45, 7) is 0.657. The fourth-order valence-corrected chi connectivity index (χ4v) is 2.75. The van der Waals surface area contributed by atoms with Crippen LogP contribution >= 0.6 is 0 Å². The number of ether oxygens (including phenoxy) is 2. The summed E-state index contributed by atoms with van der Waals surface area (Å²) in [5.41, 5.74) is 1.85. The molecule has 0 saturated heterocycles. The van der Waals surface area contributed by atoms with Crippen molar-refractivity contribution in [2.24, 2.45) is 0 Å². The molecule has 1 aliphatic carbocycles. The highest BCUT2D eigenvalue weighted by molar-refractivity contribution is 5.81. The topological polar surface area (TPSA) is 73.6 Å². The molecule has 3 rings (SSSR count). The number of benzene rings is 1. The molecule has 6 nitrogen and oxygen atoms in total. The van der Waals surface area contributed by atoms with Crippen LogP contribution in [0.2, 0.25) is 0 Å². The van der Waals surface area contributed by atoms with Crippen LogP contribution < -0.4 is 9.47 Å². The lowest BCUT2D eigenvalue weighted by Crippen LogP contribution is -2.05. The van der Waals surface area contributed by atoms with Crippen LogP contribution in [0.3, 0.4) is 0 Å². The Kier molecular flexibility index (Phi) is 3.92. The lowest BCUT2D eigenvalue weighted by atomic mass is 10.2. The molecule has 1 aromatic carbocycles. The van der Waals surface area contributed by atoms with Crippen LogP contribution in [0, 0.1) is 0 Å². The Hall–Kier alpha value is -2.24. The van der Waals surface area contributed by atoms with Crippen LogP contribution in [0.25, 0.3) is 11.0 Å². The van der Waals surface area contributed by atoms with E-state index < -0.39 is 5.97 Å². The Morgan fingerprint density at radius 3 is 2.59 bits per heavy atom. The van der Waals surface area contributed by atoms with E-state index in [0.29, 0.717) is 30.4 Å². The quantitative estimate of drug-likeness (QED) is 0.851. The number of hydrogen-bond donors (Lipinski definition) is 1. The zero-order valence-corrected chi connectivity index (χ0v) is 12.8. The van der Waals surface area contributed by atoms with Gasteiger partial charge in [-0.05, 0) is 19.3 Å². The molecular formula is C16H20N2O4. The monoisotopic (exact) mass is 304 g/mol. The Morgan fingerprint density at radius 2 is 2.00 bits per heavy atom. The number of aromatic nitrogens is 2. The normalized spacial score (nSPS) is 14.3. The predicted octanol–water partition coefficient (Wildman–Crippen LogP) is 2.80. The van der Waals surface area contributed by atoms with Gasteiger partial charge in [-0.15, -0.1) is 0 Å². The zero-order chi connectivity index (χ0) is 15.7. The van der Waals surface area contributed by atoms with Crippen LogP contribution in [0.1, 0.15) is 37.4 Å². The molecule has 1 fully saturated rings. The minimum Gasteiger partial charge on any atom is -0.493 e. The van der Waals surface area contributed by atoms with Crippen molar-refractivity contribution in [1.82, 2.24) is 9.55 Å². The third kappa shape index (κ3) is 2.73. The minimum atomic E-state index is -0.767. The van der Waals surface area contributed by atoms with Gasteiger partial charge in [-0.1, -0.05) is 0 Å². The van der Waals surface area contributed by atoms with Gasteiger partial charge < -0.3 is 19.1 Å². The molecule has 0 atom stereocenters. The fourth-order valence-electron chi connectivity index (χ4n) is 2.75. The number of aliphatic carboxylic acids is 1. The second kappa shape index (κ2) is 5.87. The molecule has 0 bridgehead atoms. The Labute approximate surface area is 128 Å². The van der Waals surface area contributed by atoms with Gasteiger partial charge in [-0.25, -0.2) is 4.98 Å². The second-order valence-corrected chi connectivity index (χ2v) is 5.59. The largest absolute Gasteiger partial charge is 0.493 e. The van der Waals surface area contributed by atoms with Crippen molar-refractivity contribution in [2.75, 3.05) is 14.2 Å². The van der Waals surface area contributed by atoms with Crippen molar-refractivity contribution >= 4 is 17.0 Å². The maximum atomic E-state index is 10.7. The molecule has 1 heterocycles. The van der Waals surface area contributed by atoms with Crippen LogP contribution in [0.4, 0.5) is 0 Å². The van der Waals surface area contributed by atoms with Gasteiger partial charge in [0.2, 0.25) is 0 Å². The first kappa shape index (κ1) is 14.7. The Balaban J connectivity index is 2.02. The van der Waals surface area contributed by atoms with Crippen LogP contribution in [0.5, 0.6) is 11.5 Å². The van der Waals surface area contributed by atoms with E-state index in [0.717, 1.165) is 29.7 Å². The van der Waals surface area contributed by atoms with E-state index in [1.54, 1.807) is 14.2 Å². The molecule has 1 N–H and O–H groups in total. The molecule has 0 amide bonds. The van der Waals surface area contributed by atoms with E-state index >= 15 is 0 Å². The van der Waals surface area contributed by atoms with Crippen molar-refractivity contribution in [3.63, 3.8) is 0 Å². The summed E-state index contributed by atoms with van der Waals surface area (Å²) in [6, 6.07) is 3.81. The Morgan fingerprint density at radius 1 is 1.32 bits per heavy atom. The van der Waals surface area contributed by atoms with Gasteiger partial charge in [0.15, 0.2) is 11.5 Å². The molecule has 0 radical (unpaired) electrons. The van der Waals surface area contributed by atoms with E-state index in [1.165, 1.54) is 0 Å². The van der Waals surface area contributed by atoms with Crippen molar-refractivity contribution in [3.05, 3.63) is 18.0 Å². The first-order valence-electron chi connectivity index (χ1n) is 7.48. The summed E-state index contributed by atoms with van der Waals surface area (Å²) < 4.78 is 12.8. The van der Waals surface area contributed by atoms with Crippen LogP contribution in [-0.2, 0) is 11.3 Å². The molecule has 118 valence electrons. The van der Waals surface area contributed by atoms with Gasteiger partial charge in [-0.2, -0.15) is 0 Å². The average Bonchev–Trinajstić information content (AvgIpc) is 3.29. The summed E-state index contributed by atoms with van der Waals surface area (Å²) >= 11 is 0. The van der Waals surface area contributed by atoms with E-state index in [2.05, 4.69) is 4.57 Å². The number of carboxylic acids is 1. The molecule has 0 aliphatic heterocycles. The lowest BCUT2D eigenvalue weighted by molar-refractivity contribution is -0.137. The predicted molar refractivity (Wildman–Crippen MR) is 81.7 cm³/mol. The lowest BCUT2D eigenvalue weighted by Gasteiger charge is -2.10. The summed E-state index contributed by atoms with van der Waals surface area (Å²) in [7, 11) is 3.21. The van der Waals surface area contributed by atoms with Crippen molar-refractivity contribution < 1.29 is 19.4 Å². The minimum absolute atomic E-state index is 0.164. The van der Waals surface area contributed by atoms with E-state index in [9.17, 15) is 4.79 Å². The van der Waals surface area contributed by atoms with E-state index in [-0.39, 0.29) is 6.42 Å². The highest BCUT2D eigenvalue weighted by atomic mass is 16.5. The summed E-state index contributed by atoms with van der Waals surface area (Å²) in [5, 5.41) is 8.84. The van der Waals surface area contributed by atoms with Crippen LogP contribution in [-0.4, -0.2) is 34.8 Å². The third-order valence-corrected chi connectivity index (χ3v) is 4.00. The number of rotatable bonds is 7. The number of fused-ring (bicyclic) bond motifs is 1. The number of hydrogen-bond acceptors (Lipinski definition) is 4. The highest BCUT2D eigenvalue weighted by Gasteiger charge is 2.30. The number of methoxy groups -OCH3 is 2. The number of nitrogens with zero attached hydrogens (tertiary/aromatic N) is 2. The Bertz CT molecular complexity index is 704. The zero-order valence-electron chi connectivity index (χ0n) is 12.8. The molecule has 2 aromatic rings. The molecule has 22 heavy (non-hydrogen) atoms. The number of carbonyl (C=O) groups is 1. The molecule has 0 unspecified atom stereocenters. The van der Waals surface area contributed by atoms with Crippen LogP contribution in [0.15, 0.2) is 12.1 Å². The van der Waals surface area contributed by atoms with Gasteiger partial charge in [0, 0.05) is 31.0 Å². The number of aryl methyl sites for hydroxylation is 1. The number of carboxylic acid groups (broad SMARTS) is 1. The van der Waals surface area contributed by atoms with Crippen molar-refractivity contribution in [2.45, 2.75) is 38.1 Å². The molecule has 0 spiro atoms. The number of imidazole rings is 1. The van der Waals surface area contributed by atoms with Gasteiger partial charge in [0.05, 0.1) is 25.3 Å². The fraction of sp³-hybridized carbons (Fsp3) is 0.500. The van der Waals surface area contributed by atoms with Gasteiger partial charge in [0.25, 0.3) is 0 Å². The maximum absolute atomic E-state index is 10.7. The van der Waals surface area contributed by atoms with Crippen molar-refractivity contribution in [1.29, 1.82) is 0 Å². The average molecular weight is 304 g/mol. The van der Waals surface area contributed by atoms with Crippen molar-refractivity contribution in [3.8, 4) is 11.5 Å². The van der Waals surface area contributed by atoms with E-state index in [1.807, 2.05) is 12.1 Å². The molecule has 1 aliphatic rings. The summed E-state index contributed by atoms with van der Waals surface area (Å²) in [6.07, 6.45) is 3.05. The molecule has 6 heteroatoms. The highest BCUT2D eigenvalue weighted by Crippen LogP contribution is 2.42. The van der Waals surface area contributed by atoms with Gasteiger partial charge in [-0.3, -0.25) is 4.79 Å². The first-order chi connectivity index (χ1) is 10.6. The second-order valence-electron chi connectivity index (χ2n) is 5.59. The molecule has 1 saturated carbocycles. The summed E-state index contributed by atoms with van der Waals surface area (Å²) in [5.74, 6) is 2.10. The molecule has 1 aromatic heterocycles.